The fraction of sp³-hybridized carbons (Fsp3) is 0. The van der Waals surface area contributed by atoms with Gasteiger partial charge in [-0.1, -0.05) is 0 Å². The second-order valence-electron chi connectivity index (χ2n) is 2.88. The molecule has 0 radical (unpaired) electrons. The van der Waals surface area contributed by atoms with Crippen molar-refractivity contribution >= 4 is 33.2 Å². The van der Waals surface area contributed by atoms with Crippen LogP contribution >= 0.6 is 27.3 Å². The zero-order valence-electron chi connectivity index (χ0n) is 7.75. The van der Waals surface area contributed by atoms with Gasteiger partial charge in [-0.15, -0.1) is 11.3 Å². The summed E-state index contributed by atoms with van der Waals surface area (Å²) in [5.74, 6) is -1.28. The molecule has 0 saturated heterocycles. The smallest absolute Gasteiger partial charge is 0.342 e. The molecule has 0 amide bonds. The summed E-state index contributed by atoms with van der Waals surface area (Å²) in [6.45, 7) is 0. The second-order valence-corrected chi connectivity index (χ2v) is 5.32. The monoisotopic (exact) mass is 300 g/mol. The van der Waals surface area contributed by atoms with E-state index in [1.54, 1.807) is 6.07 Å². The SMILES string of the molecule is O=C(O)c1cn(-c2ccc(Br)s2)cnc1=O. The predicted molar refractivity (Wildman–Crippen MR) is 62.4 cm³/mol. The van der Waals surface area contributed by atoms with Crippen molar-refractivity contribution in [1.29, 1.82) is 0 Å². The highest BCUT2D eigenvalue weighted by Crippen LogP contribution is 2.24. The minimum Gasteiger partial charge on any atom is -0.477 e. The molecule has 1 N–H and O–H groups in total. The molecule has 0 aliphatic heterocycles. The zero-order chi connectivity index (χ0) is 11.7. The van der Waals surface area contributed by atoms with Crippen LogP contribution in [0.2, 0.25) is 0 Å². The molecule has 2 aromatic rings. The molecule has 2 aromatic heterocycles. The van der Waals surface area contributed by atoms with E-state index < -0.39 is 11.5 Å². The Kier molecular flexibility index (Phi) is 2.88. The van der Waals surface area contributed by atoms with Crippen molar-refractivity contribution in [2.24, 2.45) is 0 Å². The van der Waals surface area contributed by atoms with Crippen LogP contribution in [0.1, 0.15) is 10.4 Å². The Morgan fingerprint density at radius 1 is 1.50 bits per heavy atom. The van der Waals surface area contributed by atoms with Gasteiger partial charge in [-0.25, -0.2) is 4.79 Å². The van der Waals surface area contributed by atoms with Crippen LogP contribution in [-0.4, -0.2) is 20.6 Å². The summed E-state index contributed by atoms with van der Waals surface area (Å²) in [5.41, 5.74) is -1.08. The zero-order valence-corrected chi connectivity index (χ0v) is 10.2. The van der Waals surface area contributed by atoms with Crippen molar-refractivity contribution in [2.75, 3.05) is 0 Å². The lowest BCUT2D eigenvalue weighted by atomic mass is 10.3. The number of thiophene rings is 1. The first-order chi connectivity index (χ1) is 7.58. The lowest BCUT2D eigenvalue weighted by Crippen LogP contribution is -2.19. The van der Waals surface area contributed by atoms with Gasteiger partial charge in [-0.3, -0.25) is 9.36 Å². The average Bonchev–Trinajstić information content (AvgIpc) is 2.65. The van der Waals surface area contributed by atoms with E-state index in [1.807, 2.05) is 6.07 Å². The molecule has 7 heteroatoms. The Labute approximate surface area is 102 Å². The van der Waals surface area contributed by atoms with Crippen LogP contribution in [0.5, 0.6) is 0 Å². The van der Waals surface area contributed by atoms with Crippen LogP contribution in [0.3, 0.4) is 0 Å². The van der Waals surface area contributed by atoms with Crippen molar-refractivity contribution in [3.63, 3.8) is 0 Å². The standard InChI is InChI=1S/C9H5BrN2O3S/c10-6-1-2-7(16-6)12-3-5(9(14)15)8(13)11-4-12/h1-4H,(H,14,15). The van der Waals surface area contributed by atoms with E-state index in [-0.39, 0.29) is 5.56 Å². The van der Waals surface area contributed by atoms with Crippen molar-refractivity contribution < 1.29 is 9.90 Å². The molecular formula is C9H5BrN2O3S. The number of hydrogen-bond acceptors (Lipinski definition) is 4. The predicted octanol–water partition coefficient (Wildman–Crippen LogP) is 1.75. The molecule has 0 spiro atoms. The maximum absolute atomic E-state index is 11.1. The number of carboxylic acids is 1. The first-order valence-corrected chi connectivity index (χ1v) is 5.76. The quantitative estimate of drug-likeness (QED) is 0.917. The highest BCUT2D eigenvalue weighted by molar-refractivity contribution is 9.11. The topological polar surface area (TPSA) is 72.2 Å². The number of aromatic carboxylic acids is 1. The van der Waals surface area contributed by atoms with Gasteiger partial charge in [0.25, 0.3) is 5.56 Å². The highest BCUT2D eigenvalue weighted by atomic mass is 79.9. The summed E-state index contributed by atoms with van der Waals surface area (Å²) < 4.78 is 2.42. The van der Waals surface area contributed by atoms with E-state index in [2.05, 4.69) is 20.9 Å². The average molecular weight is 301 g/mol. The van der Waals surface area contributed by atoms with Gasteiger partial charge in [0.05, 0.1) is 3.79 Å². The molecule has 0 atom stereocenters. The van der Waals surface area contributed by atoms with Crippen molar-refractivity contribution in [1.82, 2.24) is 9.55 Å². The van der Waals surface area contributed by atoms with Gasteiger partial charge in [-0.2, -0.15) is 4.98 Å². The molecule has 82 valence electrons. The summed E-state index contributed by atoms with van der Waals surface area (Å²) in [6.07, 6.45) is 2.56. The molecule has 0 saturated carbocycles. The van der Waals surface area contributed by atoms with E-state index in [4.69, 9.17) is 5.11 Å². The van der Waals surface area contributed by atoms with Gasteiger partial charge in [0, 0.05) is 6.20 Å². The van der Waals surface area contributed by atoms with Gasteiger partial charge >= 0.3 is 5.97 Å². The normalized spacial score (nSPS) is 10.3. The van der Waals surface area contributed by atoms with E-state index in [0.717, 1.165) is 8.79 Å². The first-order valence-electron chi connectivity index (χ1n) is 4.15. The maximum atomic E-state index is 11.1. The molecule has 0 bridgehead atoms. The van der Waals surface area contributed by atoms with Crippen LogP contribution in [-0.2, 0) is 0 Å². The number of hydrogen-bond donors (Lipinski definition) is 1. The molecule has 2 rings (SSSR count). The Morgan fingerprint density at radius 3 is 2.81 bits per heavy atom. The largest absolute Gasteiger partial charge is 0.477 e. The Balaban J connectivity index is 2.55. The van der Waals surface area contributed by atoms with E-state index in [9.17, 15) is 9.59 Å². The summed E-state index contributed by atoms with van der Waals surface area (Å²) >= 11 is 4.71. The summed E-state index contributed by atoms with van der Waals surface area (Å²) in [5, 5.41) is 9.56. The van der Waals surface area contributed by atoms with Gasteiger partial charge in [0.1, 0.15) is 16.9 Å². The lowest BCUT2D eigenvalue weighted by molar-refractivity contribution is 0.0694. The van der Waals surface area contributed by atoms with Crippen LogP contribution in [0.4, 0.5) is 0 Å². The highest BCUT2D eigenvalue weighted by Gasteiger charge is 2.10. The number of halogens is 1. The number of aromatic nitrogens is 2. The summed E-state index contributed by atoms with van der Waals surface area (Å²) in [7, 11) is 0. The van der Waals surface area contributed by atoms with Crippen molar-refractivity contribution in [3.8, 4) is 5.00 Å². The molecule has 0 aromatic carbocycles. The van der Waals surface area contributed by atoms with Crippen molar-refractivity contribution in [2.45, 2.75) is 0 Å². The van der Waals surface area contributed by atoms with E-state index in [0.29, 0.717) is 0 Å². The van der Waals surface area contributed by atoms with Gasteiger partial charge in [0.2, 0.25) is 0 Å². The Bertz CT molecular complexity index is 605. The Morgan fingerprint density at radius 2 is 2.25 bits per heavy atom. The first kappa shape index (κ1) is 11.0. The third kappa shape index (κ3) is 2.05. The number of carboxylic acid groups (broad SMARTS) is 1. The molecule has 16 heavy (non-hydrogen) atoms. The van der Waals surface area contributed by atoms with Gasteiger partial charge in [-0.05, 0) is 28.1 Å². The molecule has 2 heterocycles. The number of nitrogens with zero attached hydrogens (tertiary/aromatic N) is 2. The van der Waals surface area contributed by atoms with Crippen LogP contribution < -0.4 is 5.56 Å². The third-order valence-electron chi connectivity index (χ3n) is 1.84. The van der Waals surface area contributed by atoms with Crippen molar-refractivity contribution in [3.05, 3.63) is 44.4 Å². The van der Waals surface area contributed by atoms with Gasteiger partial charge < -0.3 is 5.11 Å². The third-order valence-corrected chi connectivity index (χ3v) is 3.48. The molecule has 0 unspecified atom stereocenters. The minimum absolute atomic E-state index is 0.341. The molecule has 0 fully saturated rings. The van der Waals surface area contributed by atoms with Crippen LogP contribution in [0.15, 0.2) is 33.2 Å². The van der Waals surface area contributed by atoms with Gasteiger partial charge in [0.15, 0.2) is 0 Å². The van der Waals surface area contributed by atoms with E-state index in [1.165, 1.54) is 28.4 Å². The van der Waals surface area contributed by atoms with E-state index >= 15 is 0 Å². The number of carbonyl (C=O) groups is 1. The molecule has 0 aliphatic rings. The number of rotatable bonds is 2. The minimum atomic E-state index is -1.28. The second kappa shape index (κ2) is 4.18. The lowest BCUT2D eigenvalue weighted by Gasteiger charge is -2.02. The molecule has 5 nitrogen and oxygen atoms in total. The van der Waals surface area contributed by atoms with Crippen LogP contribution in [0.25, 0.3) is 5.00 Å². The summed E-state index contributed by atoms with van der Waals surface area (Å²) in [4.78, 5) is 25.4. The molecular weight excluding hydrogens is 296 g/mol. The maximum Gasteiger partial charge on any atom is 0.342 e. The molecule has 0 aliphatic carbocycles. The fourth-order valence-corrected chi connectivity index (χ4v) is 2.43. The Hall–Kier alpha value is -1.47. The summed E-state index contributed by atoms with van der Waals surface area (Å²) in [6, 6.07) is 3.63. The van der Waals surface area contributed by atoms with Crippen LogP contribution in [0, 0.1) is 0 Å². The fourth-order valence-electron chi connectivity index (χ4n) is 1.12.